The molecule has 0 unspecified atom stereocenters. The second kappa shape index (κ2) is 4.93. The van der Waals surface area contributed by atoms with Gasteiger partial charge >= 0.3 is 0 Å². The molecule has 0 aliphatic rings. The lowest BCUT2D eigenvalue weighted by molar-refractivity contribution is -0.116. The maximum absolute atomic E-state index is 11.5. The molecule has 0 radical (unpaired) electrons. The molecule has 0 saturated heterocycles. The number of nitrogens with two attached hydrogens (primary N) is 1. The Morgan fingerprint density at radius 3 is 3.00 bits per heavy atom. The van der Waals surface area contributed by atoms with E-state index in [1.807, 2.05) is 31.2 Å². The van der Waals surface area contributed by atoms with Gasteiger partial charge in [0, 0.05) is 24.5 Å². The summed E-state index contributed by atoms with van der Waals surface area (Å²) in [5.74, 6) is -0.0680. The lowest BCUT2D eigenvalue weighted by Crippen LogP contribution is -2.16. The predicted octanol–water partition coefficient (Wildman–Crippen LogP) is 1.83. The van der Waals surface area contributed by atoms with Crippen LogP contribution in [-0.2, 0) is 4.79 Å². The summed E-state index contributed by atoms with van der Waals surface area (Å²) in [6.07, 6.45) is 2.08. The maximum Gasteiger partial charge on any atom is 0.225 e. The number of aromatic nitrogens is 1. The van der Waals surface area contributed by atoms with Crippen LogP contribution < -0.4 is 11.1 Å². The van der Waals surface area contributed by atoms with Crippen LogP contribution in [0.25, 0.3) is 10.9 Å². The van der Waals surface area contributed by atoms with E-state index in [1.54, 1.807) is 6.20 Å². The maximum atomic E-state index is 11.5. The predicted molar refractivity (Wildman–Crippen MR) is 68.8 cm³/mol. The van der Waals surface area contributed by atoms with Gasteiger partial charge in [0.1, 0.15) is 0 Å². The molecule has 1 aromatic carbocycles. The number of anilines is 1. The number of hydrogen-bond donors (Lipinski definition) is 2. The molecule has 1 heterocycles. The van der Waals surface area contributed by atoms with Gasteiger partial charge in [0.2, 0.25) is 5.91 Å². The van der Waals surface area contributed by atoms with Crippen molar-refractivity contribution in [3.05, 3.63) is 36.0 Å². The van der Waals surface area contributed by atoms with Gasteiger partial charge in [-0.15, -0.1) is 0 Å². The molecule has 1 amide bonds. The van der Waals surface area contributed by atoms with Gasteiger partial charge in [0.05, 0.1) is 11.2 Å². The third-order valence-electron chi connectivity index (χ3n) is 2.62. The zero-order chi connectivity index (χ0) is 12.3. The summed E-state index contributed by atoms with van der Waals surface area (Å²) in [6.45, 7) is 2.36. The number of rotatable bonds is 3. The molecule has 0 bridgehead atoms. The lowest BCUT2D eigenvalue weighted by Gasteiger charge is -2.09. The minimum Gasteiger partial charge on any atom is -0.330 e. The Hall–Kier alpha value is -1.94. The SMILES string of the molecule is Cc1ccc(NC(=O)CCN)c2cccnc12. The molecule has 2 aromatic rings. The van der Waals surface area contributed by atoms with E-state index in [-0.39, 0.29) is 5.91 Å². The number of fused-ring (bicyclic) bond motifs is 1. The fourth-order valence-electron chi connectivity index (χ4n) is 1.77. The number of aryl methyl sites for hydroxylation is 1. The third kappa shape index (κ3) is 2.42. The van der Waals surface area contributed by atoms with Crippen molar-refractivity contribution < 1.29 is 4.79 Å². The van der Waals surface area contributed by atoms with Gasteiger partial charge in [-0.1, -0.05) is 6.07 Å². The van der Waals surface area contributed by atoms with Gasteiger partial charge in [-0.25, -0.2) is 0 Å². The Balaban J connectivity index is 2.41. The first kappa shape index (κ1) is 11.5. The quantitative estimate of drug-likeness (QED) is 0.843. The average molecular weight is 229 g/mol. The van der Waals surface area contributed by atoms with Crippen LogP contribution in [0.1, 0.15) is 12.0 Å². The lowest BCUT2D eigenvalue weighted by atomic mass is 10.1. The summed E-state index contributed by atoms with van der Waals surface area (Å²) in [7, 11) is 0. The number of hydrogen-bond acceptors (Lipinski definition) is 3. The van der Waals surface area contributed by atoms with Crippen LogP contribution in [0, 0.1) is 6.92 Å². The summed E-state index contributed by atoms with van der Waals surface area (Å²) in [4.78, 5) is 15.8. The summed E-state index contributed by atoms with van der Waals surface area (Å²) in [5.41, 5.74) is 8.15. The molecule has 0 fully saturated rings. The first-order chi connectivity index (χ1) is 8.22. The van der Waals surface area contributed by atoms with Gasteiger partial charge in [-0.3, -0.25) is 9.78 Å². The molecular weight excluding hydrogens is 214 g/mol. The molecule has 3 N–H and O–H groups in total. The van der Waals surface area contributed by atoms with Crippen molar-refractivity contribution in [2.75, 3.05) is 11.9 Å². The topological polar surface area (TPSA) is 68.0 Å². The van der Waals surface area contributed by atoms with Crippen molar-refractivity contribution in [2.24, 2.45) is 5.73 Å². The van der Waals surface area contributed by atoms with E-state index in [1.165, 1.54) is 0 Å². The highest BCUT2D eigenvalue weighted by Gasteiger charge is 2.06. The fourth-order valence-corrected chi connectivity index (χ4v) is 1.77. The fraction of sp³-hybridized carbons (Fsp3) is 0.231. The molecule has 0 aliphatic carbocycles. The normalized spacial score (nSPS) is 10.5. The van der Waals surface area contributed by atoms with Gasteiger partial charge in [0.15, 0.2) is 0 Å². The van der Waals surface area contributed by atoms with Crippen molar-refractivity contribution in [3.8, 4) is 0 Å². The van der Waals surface area contributed by atoms with Crippen LogP contribution in [-0.4, -0.2) is 17.4 Å². The number of nitrogens with zero attached hydrogens (tertiary/aromatic N) is 1. The number of carbonyl (C=O) groups excluding carboxylic acids is 1. The average Bonchev–Trinajstić information content (AvgIpc) is 2.34. The van der Waals surface area contributed by atoms with Gasteiger partial charge in [-0.05, 0) is 30.7 Å². The minimum absolute atomic E-state index is 0.0680. The summed E-state index contributed by atoms with van der Waals surface area (Å²) in [6, 6.07) is 7.66. The molecule has 0 saturated carbocycles. The van der Waals surface area contributed by atoms with Crippen LogP contribution in [0.3, 0.4) is 0 Å². The molecule has 0 spiro atoms. The molecule has 0 aliphatic heterocycles. The van der Waals surface area contributed by atoms with Gasteiger partial charge in [-0.2, -0.15) is 0 Å². The van der Waals surface area contributed by atoms with Gasteiger partial charge in [0.25, 0.3) is 0 Å². The molecule has 1 aromatic heterocycles. The van der Waals surface area contributed by atoms with Crippen LogP contribution in [0.2, 0.25) is 0 Å². The Bertz CT molecular complexity index is 551. The van der Waals surface area contributed by atoms with Gasteiger partial charge < -0.3 is 11.1 Å². The highest BCUT2D eigenvalue weighted by molar-refractivity contribution is 6.01. The number of benzene rings is 1. The van der Waals surface area contributed by atoms with Crippen LogP contribution in [0.5, 0.6) is 0 Å². The van der Waals surface area contributed by atoms with Crippen LogP contribution in [0.4, 0.5) is 5.69 Å². The van der Waals surface area contributed by atoms with E-state index < -0.39 is 0 Å². The standard InChI is InChI=1S/C13H15N3O/c1-9-4-5-11(16-12(17)6-7-14)10-3-2-8-15-13(9)10/h2-5,8H,6-7,14H2,1H3,(H,16,17). The summed E-state index contributed by atoms with van der Waals surface area (Å²) >= 11 is 0. The molecule has 4 heteroatoms. The van der Waals surface area contributed by atoms with Crippen molar-refractivity contribution in [1.29, 1.82) is 0 Å². The van der Waals surface area contributed by atoms with Crippen molar-refractivity contribution in [3.63, 3.8) is 0 Å². The third-order valence-corrected chi connectivity index (χ3v) is 2.62. The molecule has 17 heavy (non-hydrogen) atoms. The summed E-state index contributed by atoms with van der Waals surface area (Å²) < 4.78 is 0. The van der Waals surface area contributed by atoms with Crippen molar-refractivity contribution in [1.82, 2.24) is 4.98 Å². The Labute approximate surface area is 99.8 Å². The Morgan fingerprint density at radius 1 is 1.41 bits per heavy atom. The highest BCUT2D eigenvalue weighted by atomic mass is 16.1. The molecule has 88 valence electrons. The molecular formula is C13H15N3O. The Morgan fingerprint density at radius 2 is 2.24 bits per heavy atom. The van der Waals surface area contributed by atoms with Crippen LogP contribution >= 0.6 is 0 Å². The van der Waals surface area contributed by atoms with Crippen LogP contribution in [0.15, 0.2) is 30.5 Å². The first-order valence-electron chi connectivity index (χ1n) is 5.56. The second-order valence-corrected chi connectivity index (χ2v) is 3.92. The van der Waals surface area contributed by atoms with E-state index in [2.05, 4.69) is 10.3 Å². The Kier molecular flexibility index (Phi) is 3.35. The van der Waals surface area contributed by atoms with E-state index in [0.29, 0.717) is 13.0 Å². The van der Waals surface area contributed by atoms with E-state index in [4.69, 9.17) is 5.73 Å². The molecule has 0 atom stereocenters. The van der Waals surface area contributed by atoms with Crippen molar-refractivity contribution in [2.45, 2.75) is 13.3 Å². The molecule has 4 nitrogen and oxygen atoms in total. The number of carbonyl (C=O) groups is 1. The summed E-state index contributed by atoms with van der Waals surface area (Å²) in [5, 5.41) is 3.81. The van der Waals surface area contributed by atoms with E-state index in [9.17, 15) is 4.79 Å². The second-order valence-electron chi connectivity index (χ2n) is 3.92. The smallest absolute Gasteiger partial charge is 0.225 e. The number of nitrogens with one attached hydrogen (secondary N) is 1. The molecule has 2 rings (SSSR count). The minimum atomic E-state index is -0.0680. The van der Waals surface area contributed by atoms with E-state index in [0.717, 1.165) is 22.2 Å². The largest absolute Gasteiger partial charge is 0.330 e. The zero-order valence-electron chi connectivity index (χ0n) is 9.73. The van der Waals surface area contributed by atoms with Crippen molar-refractivity contribution >= 4 is 22.5 Å². The number of pyridine rings is 1. The monoisotopic (exact) mass is 229 g/mol. The van der Waals surface area contributed by atoms with E-state index >= 15 is 0 Å². The zero-order valence-corrected chi connectivity index (χ0v) is 9.73. The first-order valence-corrected chi connectivity index (χ1v) is 5.56. The number of amides is 1. The highest BCUT2D eigenvalue weighted by Crippen LogP contribution is 2.24.